The topological polar surface area (TPSA) is 3.24 Å². The van der Waals surface area contributed by atoms with Gasteiger partial charge in [-0.2, -0.15) is 0 Å². The molecule has 3 unspecified atom stereocenters. The zero-order valence-electron chi connectivity index (χ0n) is 35.4. The van der Waals surface area contributed by atoms with Gasteiger partial charge in [0, 0.05) is 22.5 Å². The van der Waals surface area contributed by atoms with Gasteiger partial charge in [0.05, 0.1) is 0 Å². The average molecular weight is 772 g/mol. The van der Waals surface area contributed by atoms with E-state index in [9.17, 15) is 0 Å². The number of hydrogen-bond acceptors (Lipinski definition) is 1. The molecule has 298 valence electrons. The van der Waals surface area contributed by atoms with Crippen molar-refractivity contribution in [1.29, 1.82) is 0 Å². The molecule has 5 aliphatic carbocycles. The molecule has 0 radical (unpaired) electrons. The number of benzene rings is 6. The maximum absolute atomic E-state index is 2.53. The maximum atomic E-state index is 2.53. The van der Waals surface area contributed by atoms with E-state index in [4.69, 9.17) is 0 Å². The van der Waals surface area contributed by atoms with E-state index in [1.54, 1.807) is 5.56 Å². The van der Waals surface area contributed by atoms with E-state index in [1.807, 2.05) is 0 Å². The third-order valence-corrected chi connectivity index (χ3v) is 16.0. The van der Waals surface area contributed by atoms with Gasteiger partial charge < -0.3 is 4.90 Å². The summed E-state index contributed by atoms with van der Waals surface area (Å²) in [5, 5.41) is 0. The van der Waals surface area contributed by atoms with Crippen LogP contribution in [0, 0.1) is 11.8 Å². The van der Waals surface area contributed by atoms with Crippen molar-refractivity contribution in [3.05, 3.63) is 161 Å². The quantitative estimate of drug-likeness (QED) is 0.149. The Morgan fingerprint density at radius 2 is 0.983 bits per heavy atom. The Morgan fingerprint density at radius 3 is 1.58 bits per heavy atom. The summed E-state index contributed by atoms with van der Waals surface area (Å²) < 4.78 is 0. The Bertz CT molecular complexity index is 2420. The summed E-state index contributed by atoms with van der Waals surface area (Å²) in [5.74, 6) is 4.04. The van der Waals surface area contributed by atoms with Crippen molar-refractivity contribution >= 4 is 17.1 Å². The van der Waals surface area contributed by atoms with Gasteiger partial charge in [-0.25, -0.2) is 0 Å². The predicted octanol–water partition coefficient (Wildman–Crippen LogP) is 16.8. The van der Waals surface area contributed by atoms with E-state index in [2.05, 4.69) is 152 Å². The van der Waals surface area contributed by atoms with Crippen molar-refractivity contribution < 1.29 is 0 Å². The summed E-state index contributed by atoms with van der Waals surface area (Å²) in [4.78, 5) is 2.53. The molecule has 3 atom stereocenters. The van der Waals surface area contributed by atoms with Crippen LogP contribution in [0.25, 0.3) is 33.4 Å². The monoisotopic (exact) mass is 771 g/mol. The Kier molecular flexibility index (Phi) is 9.63. The highest BCUT2D eigenvalue weighted by Crippen LogP contribution is 2.55. The molecule has 11 rings (SSSR count). The Hall–Kier alpha value is -4.88. The number of fused-ring (bicyclic) bond motifs is 5. The van der Waals surface area contributed by atoms with Crippen LogP contribution < -0.4 is 4.90 Å². The second-order valence-electron chi connectivity index (χ2n) is 19.8. The van der Waals surface area contributed by atoms with E-state index in [-0.39, 0.29) is 5.41 Å². The number of hydrogen-bond donors (Lipinski definition) is 0. The third kappa shape index (κ3) is 6.78. The first kappa shape index (κ1) is 37.1. The van der Waals surface area contributed by atoms with Crippen LogP contribution in [0.5, 0.6) is 0 Å². The molecule has 5 aliphatic rings. The normalized spacial score (nSPS) is 22.3. The van der Waals surface area contributed by atoms with Gasteiger partial charge in [0.1, 0.15) is 0 Å². The smallest absolute Gasteiger partial charge is 0.0471 e. The van der Waals surface area contributed by atoms with Crippen LogP contribution in [-0.2, 0) is 5.41 Å². The van der Waals surface area contributed by atoms with Gasteiger partial charge in [-0.3, -0.25) is 0 Å². The summed E-state index contributed by atoms with van der Waals surface area (Å²) in [6.45, 7) is 4.86. The molecule has 2 bridgehead atoms. The zero-order chi connectivity index (χ0) is 39.5. The molecule has 4 saturated carbocycles. The molecular weight excluding hydrogens is 711 g/mol. The van der Waals surface area contributed by atoms with Crippen LogP contribution in [0.2, 0.25) is 0 Å². The summed E-state index contributed by atoms with van der Waals surface area (Å²) in [6.07, 6.45) is 19.2. The summed E-state index contributed by atoms with van der Waals surface area (Å²) in [5.41, 5.74) is 19.0. The molecular formula is C58H61N. The largest absolute Gasteiger partial charge is 0.310 e. The summed E-state index contributed by atoms with van der Waals surface area (Å²) in [7, 11) is 0. The van der Waals surface area contributed by atoms with Gasteiger partial charge in [-0.15, -0.1) is 0 Å². The first-order chi connectivity index (χ1) is 29.0. The highest BCUT2D eigenvalue weighted by molar-refractivity contribution is 5.96. The fourth-order valence-corrected chi connectivity index (χ4v) is 12.7. The molecule has 0 spiro atoms. The fourth-order valence-electron chi connectivity index (χ4n) is 12.7. The van der Waals surface area contributed by atoms with Crippen molar-refractivity contribution in [3.63, 3.8) is 0 Å². The summed E-state index contributed by atoms with van der Waals surface area (Å²) >= 11 is 0. The molecule has 0 amide bonds. The van der Waals surface area contributed by atoms with Crippen LogP contribution >= 0.6 is 0 Å². The molecule has 1 nitrogen and oxygen atoms in total. The lowest BCUT2D eigenvalue weighted by atomic mass is 9.81. The van der Waals surface area contributed by atoms with E-state index >= 15 is 0 Å². The van der Waals surface area contributed by atoms with Crippen molar-refractivity contribution in [3.8, 4) is 33.4 Å². The molecule has 0 heterocycles. The first-order valence-corrected chi connectivity index (χ1v) is 23.5. The molecule has 0 N–H and O–H groups in total. The van der Waals surface area contributed by atoms with Crippen LogP contribution in [0.3, 0.4) is 0 Å². The van der Waals surface area contributed by atoms with Crippen molar-refractivity contribution in [2.24, 2.45) is 11.8 Å². The van der Waals surface area contributed by atoms with Gasteiger partial charge in [-0.1, -0.05) is 156 Å². The number of nitrogens with zero attached hydrogens (tertiary/aromatic N) is 1. The highest BCUT2D eigenvalue weighted by Gasteiger charge is 2.40. The van der Waals surface area contributed by atoms with Gasteiger partial charge in [0.15, 0.2) is 0 Å². The van der Waals surface area contributed by atoms with Crippen LogP contribution in [0.15, 0.2) is 133 Å². The molecule has 0 aliphatic heterocycles. The van der Waals surface area contributed by atoms with Gasteiger partial charge in [0.2, 0.25) is 0 Å². The SMILES string of the molecule is CC1(C)c2ccccc2-c2c(-c3ccc(C4CCCCC4)cc3)cc(N(c3ccc(-c4ccc(C5CC6CCC5C6)cc4)cc3)c3ccc(C4CCCCC4)cc3)cc21. The zero-order valence-corrected chi connectivity index (χ0v) is 35.4. The predicted molar refractivity (Wildman–Crippen MR) is 249 cm³/mol. The maximum Gasteiger partial charge on any atom is 0.0471 e. The minimum atomic E-state index is -0.122. The van der Waals surface area contributed by atoms with Gasteiger partial charge in [-0.05, 0) is 172 Å². The minimum Gasteiger partial charge on any atom is -0.310 e. The van der Waals surface area contributed by atoms with Crippen LogP contribution in [0.1, 0.15) is 149 Å². The lowest BCUT2D eigenvalue weighted by molar-refractivity contribution is 0.420. The van der Waals surface area contributed by atoms with E-state index < -0.39 is 0 Å². The molecule has 0 aromatic heterocycles. The standard InChI is InChI=1S/C58H61N/c1-58(2)55-16-10-9-15-52(55)57-54(47-25-21-42(22-26-47)40-11-5-3-6-12-40)37-51(38-56(57)58)59(49-31-27-44(28-32-49)41-13-7-4-8-14-41)50-33-29-45(30-34-50)43-19-23-46(24-20-43)53-36-39-17-18-48(53)35-39/h9-10,15-16,19-34,37-41,48,53H,3-8,11-14,17-18,35-36H2,1-2H3. The van der Waals surface area contributed by atoms with Gasteiger partial charge >= 0.3 is 0 Å². The van der Waals surface area contributed by atoms with Crippen molar-refractivity contribution in [2.45, 2.75) is 127 Å². The minimum absolute atomic E-state index is 0.122. The average Bonchev–Trinajstić information content (AvgIpc) is 4.00. The number of rotatable bonds is 8. The van der Waals surface area contributed by atoms with Crippen molar-refractivity contribution in [1.82, 2.24) is 0 Å². The molecule has 4 fully saturated rings. The Balaban J connectivity index is 1.01. The second-order valence-corrected chi connectivity index (χ2v) is 19.8. The fraction of sp³-hybridized carbons (Fsp3) is 0.379. The first-order valence-electron chi connectivity index (χ1n) is 23.5. The molecule has 1 heteroatoms. The highest BCUT2D eigenvalue weighted by atomic mass is 15.1. The third-order valence-electron chi connectivity index (χ3n) is 16.0. The summed E-state index contributed by atoms with van der Waals surface area (Å²) in [6, 6.07) is 52.6. The number of anilines is 3. The lowest BCUT2D eigenvalue weighted by Crippen LogP contribution is -2.17. The van der Waals surface area contributed by atoms with E-state index in [0.717, 1.165) is 17.8 Å². The second kappa shape index (κ2) is 15.3. The van der Waals surface area contributed by atoms with Crippen molar-refractivity contribution in [2.75, 3.05) is 4.90 Å². The van der Waals surface area contributed by atoms with Crippen LogP contribution in [-0.4, -0.2) is 0 Å². The van der Waals surface area contributed by atoms with Crippen LogP contribution in [0.4, 0.5) is 17.1 Å². The Labute approximate surface area is 353 Å². The van der Waals surface area contributed by atoms with E-state index in [0.29, 0.717) is 11.8 Å². The molecule has 59 heavy (non-hydrogen) atoms. The van der Waals surface area contributed by atoms with Gasteiger partial charge in [0.25, 0.3) is 0 Å². The van der Waals surface area contributed by atoms with E-state index in [1.165, 1.54) is 163 Å². The lowest BCUT2D eigenvalue weighted by Gasteiger charge is -2.30. The Morgan fingerprint density at radius 1 is 0.441 bits per heavy atom. The molecule has 0 saturated heterocycles. The molecule has 6 aromatic rings. The molecule has 6 aromatic carbocycles.